The number of aliphatic hydroxyl groups excluding tert-OH is 4. The molecule has 1 saturated heterocycles. The molecule has 1 aliphatic heterocycles. The zero-order valence-corrected chi connectivity index (χ0v) is 40.0. The maximum absolute atomic E-state index is 12.8. The van der Waals surface area contributed by atoms with Gasteiger partial charge in [0.1, 0.15) is 30.5 Å². The van der Waals surface area contributed by atoms with E-state index < -0.39 is 43.4 Å². The van der Waals surface area contributed by atoms with E-state index in [4.69, 9.17) is 18.9 Å². The van der Waals surface area contributed by atoms with E-state index in [0.29, 0.717) is 6.61 Å². The molecule has 0 radical (unpaired) electrons. The Hall–Kier alpha value is -3.15. The molecule has 1 heterocycles. The molecule has 0 spiro atoms. The third kappa shape index (κ3) is 35.2. The summed E-state index contributed by atoms with van der Waals surface area (Å²) < 4.78 is 22.8. The molecule has 64 heavy (non-hydrogen) atoms. The minimum Gasteiger partial charge on any atom is -0.457 e. The van der Waals surface area contributed by atoms with Crippen molar-refractivity contribution in [2.75, 3.05) is 26.4 Å². The Balaban J connectivity index is 2.25. The molecule has 0 aromatic rings. The van der Waals surface area contributed by atoms with Gasteiger partial charge in [-0.1, -0.05) is 175 Å². The minimum absolute atomic E-state index is 0.121. The lowest BCUT2D eigenvalue weighted by molar-refractivity contribution is -0.305. The van der Waals surface area contributed by atoms with Crippen LogP contribution < -0.4 is 0 Å². The van der Waals surface area contributed by atoms with Crippen molar-refractivity contribution in [2.24, 2.45) is 0 Å². The maximum Gasteiger partial charge on any atom is 0.306 e. The standard InChI is InChI=1S/C55H90O9/c1-3-5-7-9-11-13-15-17-19-21-22-23-24-25-26-27-29-31-33-35-37-39-41-43-45-61-47-49(48-62-55-54(60)53(59)52(58)50(46-56)64-55)63-51(57)44-42-40-38-36-34-32-30-28-20-18-16-14-12-10-8-6-4-2/h5-8,11-14,17-20,22-23,25-26,30,32,49-50,52-56,58-60H,3-4,9-10,15-16,21,24,27-29,31,33-48H2,1-2H3/b7-5-,8-6-,13-11-,14-12-,19-17-,20-18-,23-22-,26-25-,32-30-. The zero-order valence-electron chi connectivity index (χ0n) is 40.0. The quantitative estimate of drug-likeness (QED) is 0.0269. The largest absolute Gasteiger partial charge is 0.457 e. The molecule has 0 aromatic heterocycles. The van der Waals surface area contributed by atoms with E-state index in [-0.39, 0.29) is 25.6 Å². The fraction of sp³-hybridized carbons (Fsp3) is 0.655. The van der Waals surface area contributed by atoms with Gasteiger partial charge in [-0.05, 0) is 96.3 Å². The molecule has 0 aliphatic carbocycles. The molecule has 1 aliphatic rings. The summed E-state index contributed by atoms with van der Waals surface area (Å²) in [5.74, 6) is -0.345. The van der Waals surface area contributed by atoms with E-state index in [0.717, 1.165) is 116 Å². The van der Waals surface area contributed by atoms with Gasteiger partial charge < -0.3 is 39.4 Å². The van der Waals surface area contributed by atoms with E-state index in [1.807, 2.05) is 0 Å². The lowest BCUT2D eigenvalue weighted by Gasteiger charge is -2.39. The highest BCUT2D eigenvalue weighted by atomic mass is 16.7. The van der Waals surface area contributed by atoms with E-state index in [9.17, 15) is 25.2 Å². The number of hydrogen-bond donors (Lipinski definition) is 4. The Morgan fingerprint density at radius 3 is 1.36 bits per heavy atom. The fourth-order valence-electron chi connectivity index (χ4n) is 6.86. The van der Waals surface area contributed by atoms with Crippen LogP contribution in [0, 0.1) is 0 Å². The highest BCUT2D eigenvalue weighted by Gasteiger charge is 2.44. The molecule has 9 nitrogen and oxygen atoms in total. The molecule has 0 bridgehead atoms. The number of allylic oxidation sites excluding steroid dienone is 18. The van der Waals surface area contributed by atoms with Crippen LogP contribution in [0.25, 0.3) is 0 Å². The smallest absolute Gasteiger partial charge is 0.306 e. The number of rotatable bonds is 41. The lowest BCUT2D eigenvalue weighted by Crippen LogP contribution is -2.59. The summed E-state index contributed by atoms with van der Waals surface area (Å²) in [5, 5.41) is 40.2. The number of aliphatic hydroxyl groups is 4. The van der Waals surface area contributed by atoms with Gasteiger partial charge in [0.05, 0.1) is 19.8 Å². The van der Waals surface area contributed by atoms with Gasteiger partial charge in [0.2, 0.25) is 0 Å². The van der Waals surface area contributed by atoms with E-state index in [1.165, 1.54) is 32.1 Å². The average molecular weight is 895 g/mol. The van der Waals surface area contributed by atoms with Crippen molar-refractivity contribution in [2.45, 2.75) is 205 Å². The van der Waals surface area contributed by atoms with Crippen LogP contribution in [0.5, 0.6) is 0 Å². The summed E-state index contributed by atoms with van der Waals surface area (Å²) in [6.45, 7) is 4.26. The van der Waals surface area contributed by atoms with E-state index >= 15 is 0 Å². The van der Waals surface area contributed by atoms with Gasteiger partial charge in [0.25, 0.3) is 0 Å². The molecular weight excluding hydrogens is 805 g/mol. The SMILES string of the molecule is CC/C=C\C/C=C\C/C=C\C/C=C\C/C=C\CCCCCCCCCCOCC(COC1OC(CO)C(O)C(O)C1O)OC(=O)CCCCCC/C=C\C/C=C\C/C=C\C/C=C\CC. The predicted octanol–water partition coefficient (Wildman–Crippen LogP) is 12.1. The van der Waals surface area contributed by atoms with Crippen LogP contribution in [0.1, 0.15) is 168 Å². The summed E-state index contributed by atoms with van der Waals surface area (Å²) in [7, 11) is 0. The van der Waals surface area contributed by atoms with Crippen molar-refractivity contribution < 1.29 is 44.2 Å². The Labute approximate surface area is 389 Å². The molecule has 4 N–H and O–H groups in total. The van der Waals surface area contributed by atoms with Crippen molar-refractivity contribution in [1.82, 2.24) is 0 Å². The first-order valence-electron chi connectivity index (χ1n) is 25.0. The van der Waals surface area contributed by atoms with Crippen molar-refractivity contribution in [3.8, 4) is 0 Å². The highest BCUT2D eigenvalue weighted by molar-refractivity contribution is 5.69. The number of unbranched alkanes of at least 4 members (excludes halogenated alkanes) is 12. The number of hydrogen-bond acceptors (Lipinski definition) is 9. The van der Waals surface area contributed by atoms with Gasteiger partial charge in [0, 0.05) is 13.0 Å². The minimum atomic E-state index is -1.55. The molecule has 0 aromatic carbocycles. The van der Waals surface area contributed by atoms with Gasteiger partial charge >= 0.3 is 5.97 Å². The average Bonchev–Trinajstić information content (AvgIpc) is 3.30. The Kier molecular flexibility index (Phi) is 41.4. The first-order chi connectivity index (χ1) is 31.4. The topological polar surface area (TPSA) is 135 Å². The summed E-state index contributed by atoms with van der Waals surface area (Å²) in [6.07, 6.45) is 56.9. The summed E-state index contributed by atoms with van der Waals surface area (Å²) in [4.78, 5) is 12.8. The van der Waals surface area contributed by atoms with Crippen molar-refractivity contribution in [1.29, 1.82) is 0 Å². The van der Waals surface area contributed by atoms with Gasteiger partial charge in [-0.25, -0.2) is 0 Å². The third-order valence-corrected chi connectivity index (χ3v) is 10.7. The number of carbonyl (C=O) groups excluding carboxylic acids is 1. The molecule has 1 rings (SSSR count). The van der Waals surface area contributed by atoms with Gasteiger partial charge in [-0.3, -0.25) is 4.79 Å². The Morgan fingerprint density at radius 1 is 0.500 bits per heavy atom. The molecular formula is C55H90O9. The Bertz CT molecular complexity index is 1340. The third-order valence-electron chi connectivity index (χ3n) is 10.7. The number of esters is 1. The summed E-state index contributed by atoms with van der Waals surface area (Å²) >= 11 is 0. The van der Waals surface area contributed by atoms with E-state index in [2.05, 4.69) is 123 Å². The molecule has 0 saturated carbocycles. The molecule has 9 heteroatoms. The van der Waals surface area contributed by atoms with Crippen LogP contribution in [0.3, 0.4) is 0 Å². The second-order valence-electron chi connectivity index (χ2n) is 16.5. The van der Waals surface area contributed by atoms with Crippen LogP contribution in [-0.2, 0) is 23.7 Å². The van der Waals surface area contributed by atoms with Crippen LogP contribution in [0.15, 0.2) is 109 Å². The normalized spacial score (nSPS) is 20.5. The van der Waals surface area contributed by atoms with Crippen LogP contribution in [0.4, 0.5) is 0 Å². The van der Waals surface area contributed by atoms with Crippen LogP contribution >= 0.6 is 0 Å². The molecule has 1 fully saturated rings. The van der Waals surface area contributed by atoms with Gasteiger partial charge in [0.15, 0.2) is 6.29 Å². The van der Waals surface area contributed by atoms with Crippen molar-refractivity contribution in [3.05, 3.63) is 109 Å². The zero-order chi connectivity index (χ0) is 46.4. The second-order valence-corrected chi connectivity index (χ2v) is 16.5. The fourth-order valence-corrected chi connectivity index (χ4v) is 6.86. The lowest BCUT2D eigenvalue weighted by atomic mass is 9.99. The molecule has 364 valence electrons. The molecule has 6 unspecified atom stereocenters. The summed E-state index contributed by atoms with van der Waals surface area (Å²) in [6, 6.07) is 0. The monoisotopic (exact) mass is 895 g/mol. The first-order valence-corrected chi connectivity index (χ1v) is 25.0. The van der Waals surface area contributed by atoms with Crippen molar-refractivity contribution in [3.63, 3.8) is 0 Å². The molecule has 6 atom stereocenters. The van der Waals surface area contributed by atoms with Gasteiger partial charge in [-0.15, -0.1) is 0 Å². The van der Waals surface area contributed by atoms with Crippen LogP contribution in [-0.4, -0.2) is 89.6 Å². The predicted molar refractivity (Wildman–Crippen MR) is 265 cm³/mol. The number of carbonyl (C=O) groups is 1. The molecule has 0 amide bonds. The number of ether oxygens (including phenoxy) is 4. The van der Waals surface area contributed by atoms with Crippen LogP contribution in [0.2, 0.25) is 0 Å². The van der Waals surface area contributed by atoms with Gasteiger partial charge in [-0.2, -0.15) is 0 Å². The van der Waals surface area contributed by atoms with E-state index in [1.54, 1.807) is 0 Å². The summed E-state index contributed by atoms with van der Waals surface area (Å²) in [5.41, 5.74) is 0. The highest BCUT2D eigenvalue weighted by Crippen LogP contribution is 2.22. The second kappa shape index (κ2) is 45.0. The first kappa shape index (κ1) is 58.9. The van der Waals surface area contributed by atoms with Crippen molar-refractivity contribution >= 4 is 5.97 Å². The Morgan fingerprint density at radius 2 is 0.906 bits per heavy atom. The maximum atomic E-state index is 12.8.